The van der Waals surface area contributed by atoms with E-state index in [4.69, 9.17) is 14.2 Å². The molecule has 0 fully saturated rings. The van der Waals surface area contributed by atoms with Crippen LogP contribution in [-0.2, 0) is 4.74 Å². The lowest BCUT2D eigenvalue weighted by Gasteiger charge is -2.18. The number of hydrazone groups is 1. The molecular weight excluding hydrogens is 394 g/mol. The Kier molecular flexibility index (Phi) is 7.08. The lowest BCUT2D eigenvalue weighted by Crippen LogP contribution is -2.29. The highest BCUT2D eigenvalue weighted by Gasteiger charge is 2.16. The summed E-state index contributed by atoms with van der Waals surface area (Å²) in [5.41, 5.74) is 2.18. The molecule has 0 bridgehead atoms. The molecule has 0 aliphatic heterocycles. The van der Waals surface area contributed by atoms with Gasteiger partial charge in [0.25, 0.3) is 5.69 Å². The largest absolute Gasteiger partial charge is 0.493 e. The number of hydrogen-bond donors (Lipinski definition) is 1. The maximum Gasteiger partial charge on any atom is 0.428 e. The van der Waals surface area contributed by atoms with Gasteiger partial charge in [-0.3, -0.25) is 10.1 Å². The molecule has 0 radical (unpaired) electrons. The molecule has 0 aromatic heterocycles. The number of rotatable bonds is 6. The van der Waals surface area contributed by atoms with Gasteiger partial charge in [0.15, 0.2) is 11.5 Å². The number of benzene rings is 2. The summed E-state index contributed by atoms with van der Waals surface area (Å²) in [5.74, 6) is -0.291. The molecule has 0 aliphatic rings. The molecular formula is C20H21N3O7. The molecule has 1 N–H and O–H groups in total. The zero-order valence-corrected chi connectivity index (χ0v) is 16.9. The van der Waals surface area contributed by atoms with Crippen molar-refractivity contribution in [2.45, 2.75) is 26.4 Å². The van der Waals surface area contributed by atoms with Crippen LogP contribution >= 0.6 is 0 Å². The van der Waals surface area contributed by atoms with Crippen molar-refractivity contribution in [1.82, 2.24) is 5.43 Å². The summed E-state index contributed by atoms with van der Waals surface area (Å²) in [5, 5.41) is 14.5. The van der Waals surface area contributed by atoms with E-state index in [0.717, 1.165) is 0 Å². The van der Waals surface area contributed by atoms with Crippen LogP contribution in [-0.4, -0.2) is 35.9 Å². The number of nitrogens with zero attached hydrogens (tertiary/aromatic N) is 2. The fourth-order valence-electron chi connectivity index (χ4n) is 2.19. The summed E-state index contributed by atoms with van der Waals surface area (Å²) in [7, 11) is 1.40. The summed E-state index contributed by atoms with van der Waals surface area (Å²) in [4.78, 5) is 34.0. The highest BCUT2D eigenvalue weighted by molar-refractivity contribution is 5.92. The van der Waals surface area contributed by atoms with Gasteiger partial charge in [-0.25, -0.2) is 15.0 Å². The molecule has 30 heavy (non-hydrogen) atoms. The van der Waals surface area contributed by atoms with Crippen LogP contribution in [0.1, 0.15) is 36.7 Å². The Morgan fingerprint density at radius 3 is 2.33 bits per heavy atom. The van der Waals surface area contributed by atoms with E-state index in [1.807, 2.05) is 0 Å². The highest BCUT2D eigenvalue weighted by atomic mass is 16.6. The van der Waals surface area contributed by atoms with E-state index in [9.17, 15) is 19.7 Å². The number of nitrogens with one attached hydrogen (secondary N) is 1. The van der Waals surface area contributed by atoms with Crippen LogP contribution in [0, 0.1) is 10.1 Å². The molecule has 0 atom stereocenters. The van der Waals surface area contributed by atoms with Crippen molar-refractivity contribution in [3.63, 3.8) is 0 Å². The Morgan fingerprint density at radius 1 is 1.10 bits per heavy atom. The van der Waals surface area contributed by atoms with Crippen molar-refractivity contribution < 1.29 is 28.7 Å². The third-order valence-electron chi connectivity index (χ3n) is 3.47. The summed E-state index contributed by atoms with van der Waals surface area (Å²) in [6, 6.07) is 9.68. The van der Waals surface area contributed by atoms with Crippen molar-refractivity contribution in [3.8, 4) is 11.5 Å². The average molecular weight is 415 g/mol. The monoisotopic (exact) mass is 415 g/mol. The van der Waals surface area contributed by atoms with Gasteiger partial charge in [0.2, 0.25) is 0 Å². The van der Waals surface area contributed by atoms with Crippen molar-refractivity contribution in [3.05, 3.63) is 63.7 Å². The Labute approximate surface area is 172 Å². The van der Waals surface area contributed by atoms with Crippen LogP contribution < -0.4 is 14.9 Å². The first kappa shape index (κ1) is 22.3. The van der Waals surface area contributed by atoms with Crippen LogP contribution in [0.25, 0.3) is 0 Å². The van der Waals surface area contributed by atoms with Crippen molar-refractivity contribution in [2.75, 3.05) is 7.11 Å². The molecule has 1 amide bonds. The number of carbonyl (C=O) groups excluding carboxylic acids is 2. The number of non-ortho nitro benzene ring substituents is 1. The predicted octanol–water partition coefficient (Wildman–Crippen LogP) is 3.68. The van der Waals surface area contributed by atoms with Crippen molar-refractivity contribution in [2.24, 2.45) is 5.10 Å². The smallest absolute Gasteiger partial charge is 0.428 e. The average Bonchev–Trinajstić information content (AvgIpc) is 2.67. The lowest BCUT2D eigenvalue weighted by atomic mass is 10.2. The van der Waals surface area contributed by atoms with Gasteiger partial charge >= 0.3 is 12.1 Å². The number of ether oxygens (including phenoxy) is 3. The number of esters is 1. The minimum Gasteiger partial charge on any atom is -0.493 e. The van der Waals surface area contributed by atoms with E-state index >= 15 is 0 Å². The third-order valence-corrected chi connectivity index (χ3v) is 3.47. The van der Waals surface area contributed by atoms with E-state index in [2.05, 4.69) is 10.5 Å². The molecule has 158 valence electrons. The second kappa shape index (κ2) is 9.50. The Hall–Kier alpha value is -3.95. The standard InChI is InChI=1S/C20H21N3O7/c1-20(2,3)30-19(25)22-21-12-13-5-10-16(17(11-13)28-4)29-18(24)14-6-8-15(9-7-14)23(26)27/h5-12H,1-4H3,(H,22,25)/b21-12+. The zero-order chi connectivity index (χ0) is 22.3. The number of hydrogen-bond acceptors (Lipinski definition) is 8. The molecule has 0 saturated heterocycles. The molecule has 2 rings (SSSR count). The van der Waals surface area contributed by atoms with Gasteiger partial charge in [-0.15, -0.1) is 0 Å². The van der Waals surface area contributed by atoms with Crippen LogP contribution in [0.4, 0.5) is 10.5 Å². The third kappa shape index (κ3) is 6.59. The molecule has 10 heteroatoms. The first-order valence-corrected chi connectivity index (χ1v) is 8.76. The van der Waals surface area contributed by atoms with Gasteiger partial charge < -0.3 is 14.2 Å². The second-order valence-corrected chi connectivity index (χ2v) is 6.98. The van der Waals surface area contributed by atoms with Crippen molar-refractivity contribution >= 4 is 24.0 Å². The van der Waals surface area contributed by atoms with Gasteiger partial charge in [0.1, 0.15) is 5.60 Å². The molecule has 10 nitrogen and oxygen atoms in total. The van der Waals surface area contributed by atoms with Crippen molar-refractivity contribution in [1.29, 1.82) is 0 Å². The fraction of sp³-hybridized carbons (Fsp3) is 0.250. The van der Waals surface area contributed by atoms with Crippen LogP contribution in [0.15, 0.2) is 47.6 Å². The number of methoxy groups -OCH3 is 1. The van der Waals surface area contributed by atoms with E-state index in [1.54, 1.807) is 32.9 Å². The minimum absolute atomic E-state index is 0.132. The number of carbonyl (C=O) groups is 2. The van der Waals surface area contributed by atoms with Crippen LogP contribution in [0.3, 0.4) is 0 Å². The molecule has 0 heterocycles. The first-order valence-electron chi connectivity index (χ1n) is 8.76. The molecule has 0 spiro atoms. The number of nitro groups is 1. The molecule has 2 aromatic rings. The summed E-state index contributed by atoms with van der Waals surface area (Å²) < 4.78 is 15.6. The van der Waals surface area contributed by atoms with Crippen LogP contribution in [0.5, 0.6) is 11.5 Å². The normalized spacial score (nSPS) is 11.1. The topological polar surface area (TPSA) is 129 Å². The van der Waals surface area contributed by atoms with E-state index in [-0.39, 0.29) is 22.7 Å². The van der Waals surface area contributed by atoms with Gasteiger partial charge in [-0.05, 0) is 56.7 Å². The number of amides is 1. The van der Waals surface area contributed by atoms with E-state index in [0.29, 0.717) is 5.56 Å². The first-order chi connectivity index (χ1) is 14.1. The minimum atomic E-state index is -0.698. The van der Waals surface area contributed by atoms with Gasteiger partial charge in [-0.2, -0.15) is 5.10 Å². The number of nitro benzene ring substituents is 1. The van der Waals surface area contributed by atoms with Gasteiger partial charge in [0.05, 0.1) is 23.8 Å². The van der Waals surface area contributed by atoms with Crippen LogP contribution in [0.2, 0.25) is 0 Å². The SMILES string of the molecule is COc1cc(/C=N/NC(=O)OC(C)(C)C)ccc1OC(=O)c1ccc([N+](=O)[O-])cc1. The predicted molar refractivity (Wildman–Crippen MR) is 108 cm³/mol. The molecule has 0 saturated carbocycles. The summed E-state index contributed by atoms with van der Waals surface area (Å²) in [6.45, 7) is 5.20. The van der Waals surface area contributed by atoms with Gasteiger partial charge in [-0.1, -0.05) is 0 Å². The fourth-order valence-corrected chi connectivity index (χ4v) is 2.19. The molecule has 2 aromatic carbocycles. The Balaban J connectivity index is 2.06. The zero-order valence-electron chi connectivity index (χ0n) is 16.9. The quantitative estimate of drug-likeness (QED) is 0.250. The summed E-state index contributed by atoms with van der Waals surface area (Å²) >= 11 is 0. The van der Waals surface area contributed by atoms with Gasteiger partial charge in [0, 0.05) is 12.1 Å². The molecule has 0 unspecified atom stereocenters. The second-order valence-electron chi connectivity index (χ2n) is 6.98. The highest BCUT2D eigenvalue weighted by Crippen LogP contribution is 2.28. The molecule has 0 aliphatic carbocycles. The Bertz CT molecular complexity index is 963. The maximum absolute atomic E-state index is 12.3. The maximum atomic E-state index is 12.3. The van der Waals surface area contributed by atoms with E-state index < -0.39 is 22.6 Å². The summed E-state index contributed by atoms with van der Waals surface area (Å²) in [6.07, 6.45) is 0.674. The Morgan fingerprint density at radius 2 is 1.77 bits per heavy atom. The lowest BCUT2D eigenvalue weighted by molar-refractivity contribution is -0.384. The van der Waals surface area contributed by atoms with E-state index in [1.165, 1.54) is 43.7 Å².